The third-order valence-corrected chi connectivity index (χ3v) is 13.6. The average Bonchev–Trinajstić information content (AvgIpc) is 3.48. The summed E-state index contributed by atoms with van der Waals surface area (Å²) < 4.78 is 13.4. The Bertz CT molecular complexity index is 777. The number of rotatable bonds is 15. The topological polar surface area (TPSA) is 21.8 Å². The highest BCUT2D eigenvalue weighted by atomic mass is 16.6. The summed E-state index contributed by atoms with van der Waals surface area (Å²) >= 11 is 0. The van der Waals surface area contributed by atoms with E-state index >= 15 is 0 Å². The van der Waals surface area contributed by atoms with E-state index in [1.807, 2.05) is 0 Å². The third kappa shape index (κ3) is 5.92. The Labute approximate surface area is 243 Å². The van der Waals surface area contributed by atoms with E-state index in [-0.39, 0.29) is 5.60 Å². The van der Waals surface area contributed by atoms with Crippen LogP contribution in [0.5, 0.6) is 0 Å². The molecule has 0 aromatic heterocycles. The Morgan fingerprint density at radius 3 is 2.28 bits per heavy atom. The molecule has 10 atom stereocenters. The van der Waals surface area contributed by atoms with Gasteiger partial charge in [-0.15, -0.1) is 0 Å². The number of epoxide rings is 1. The van der Waals surface area contributed by atoms with Crippen LogP contribution in [0.2, 0.25) is 0 Å². The molecule has 39 heavy (non-hydrogen) atoms. The molecule has 0 amide bonds. The first-order valence-corrected chi connectivity index (χ1v) is 18.0. The number of hydrogen-bond donors (Lipinski definition) is 0. The van der Waals surface area contributed by atoms with Crippen LogP contribution in [0.1, 0.15) is 164 Å². The molecule has 5 aliphatic rings. The van der Waals surface area contributed by atoms with Gasteiger partial charge in [0, 0.05) is 18.4 Å². The minimum atomic E-state index is 0.159. The van der Waals surface area contributed by atoms with Crippen LogP contribution in [0, 0.1) is 46.3 Å². The molecule has 0 aromatic rings. The van der Waals surface area contributed by atoms with Crippen molar-refractivity contribution in [2.45, 2.75) is 181 Å². The van der Waals surface area contributed by atoms with E-state index < -0.39 is 0 Å². The van der Waals surface area contributed by atoms with Crippen molar-refractivity contribution >= 4 is 0 Å². The first kappa shape index (κ1) is 30.4. The normalized spacial score (nSPS) is 43.5. The second-order valence-corrected chi connectivity index (χ2v) is 16.3. The minimum Gasteiger partial charge on any atom is -0.378 e. The summed E-state index contributed by atoms with van der Waals surface area (Å²) in [6.07, 6.45) is 27.4. The van der Waals surface area contributed by atoms with Gasteiger partial charge in [-0.25, -0.2) is 0 Å². The molecule has 0 N–H and O–H groups in total. The van der Waals surface area contributed by atoms with Crippen molar-refractivity contribution in [1.82, 2.24) is 0 Å². The molecule has 0 bridgehead atoms. The Morgan fingerprint density at radius 2 is 1.54 bits per heavy atom. The van der Waals surface area contributed by atoms with Gasteiger partial charge in [0.25, 0.3) is 0 Å². The molecule has 1 heterocycles. The van der Waals surface area contributed by atoms with Crippen LogP contribution in [-0.2, 0) is 9.47 Å². The van der Waals surface area contributed by atoms with Crippen molar-refractivity contribution in [2.24, 2.45) is 46.3 Å². The van der Waals surface area contributed by atoms with Crippen molar-refractivity contribution in [3.8, 4) is 0 Å². The van der Waals surface area contributed by atoms with Gasteiger partial charge in [-0.05, 0) is 92.3 Å². The summed E-state index contributed by atoms with van der Waals surface area (Å²) in [5, 5.41) is 0. The lowest BCUT2D eigenvalue weighted by molar-refractivity contribution is -0.125. The van der Waals surface area contributed by atoms with Crippen LogP contribution in [0.4, 0.5) is 0 Å². The summed E-state index contributed by atoms with van der Waals surface area (Å²) in [6.45, 7) is 16.1. The summed E-state index contributed by atoms with van der Waals surface area (Å²) in [5.41, 5.74) is 1.13. The van der Waals surface area contributed by atoms with Crippen molar-refractivity contribution in [3.63, 3.8) is 0 Å². The average molecular weight is 543 g/mol. The molecule has 4 saturated carbocycles. The van der Waals surface area contributed by atoms with Gasteiger partial charge in [-0.2, -0.15) is 0 Å². The second kappa shape index (κ2) is 12.7. The lowest BCUT2D eigenvalue weighted by Crippen LogP contribution is -2.58. The van der Waals surface area contributed by atoms with Crippen LogP contribution in [0.25, 0.3) is 0 Å². The number of fused-ring (bicyclic) bond motifs is 4. The standard InChI is InChI=1S/C37H66O2/c1-7-8-9-10-11-12-13-14-24-38-29-20-23-36(6)33-21-22-35(5)31(28(4)17-15-16-27(2)3)18-19-32(35)30(33)25-34-37(36,26-29)39-34/h27-34H,7-26H2,1-6H3/t28-,29+,30+,31-,32+,33+,34+,35-,36-,37+/m1/s1. The molecule has 0 aromatic carbocycles. The highest BCUT2D eigenvalue weighted by Crippen LogP contribution is 2.74. The van der Waals surface area contributed by atoms with Crippen LogP contribution in [0.15, 0.2) is 0 Å². The van der Waals surface area contributed by atoms with E-state index in [9.17, 15) is 0 Å². The maximum atomic E-state index is 6.84. The largest absolute Gasteiger partial charge is 0.378 e. The fourth-order valence-electron chi connectivity index (χ4n) is 11.3. The maximum Gasteiger partial charge on any atom is 0.103 e. The van der Waals surface area contributed by atoms with Gasteiger partial charge in [0.15, 0.2) is 0 Å². The molecule has 1 spiro atoms. The van der Waals surface area contributed by atoms with E-state index in [1.54, 1.807) is 0 Å². The molecule has 1 aliphatic heterocycles. The fourth-order valence-corrected chi connectivity index (χ4v) is 11.3. The molecule has 1 saturated heterocycles. The zero-order chi connectivity index (χ0) is 27.7. The highest BCUT2D eigenvalue weighted by Gasteiger charge is 2.76. The number of ether oxygens (including phenoxy) is 2. The molecule has 5 rings (SSSR count). The van der Waals surface area contributed by atoms with Gasteiger partial charge >= 0.3 is 0 Å². The summed E-state index contributed by atoms with van der Waals surface area (Å²) in [6, 6.07) is 0. The fraction of sp³-hybridized carbons (Fsp3) is 1.00. The maximum absolute atomic E-state index is 6.84. The van der Waals surface area contributed by atoms with E-state index in [4.69, 9.17) is 9.47 Å². The van der Waals surface area contributed by atoms with Crippen LogP contribution in [0.3, 0.4) is 0 Å². The van der Waals surface area contributed by atoms with Gasteiger partial charge in [-0.1, -0.05) is 106 Å². The summed E-state index contributed by atoms with van der Waals surface area (Å²) in [4.78, 5) is 0. The minimum absolute atomic E-state index is 0.159. The Hall–Kier alpha value is -0.0800. The van der Waals surface area contributed by atoms with E-state index in [1.165, 1.54) is 122 Å². The molecular weight excluding hydrogens is 476 g/mol. The number of unbranched alkanes of at least 4 members (excludes halogenated alkanes) is 7. The van der Waals surface area contributed by atoms with E-state index in [0.29, 0.717) is 23.0 Å². The first-order valence-electron chi connectivity index (χ1n) is 18.0. The highest BCUT2D eigenvalue weighted by molar-refractivity contribution is 5.24. The molecule has 226 valence electrons. The second-order valence-electron chi connectivity index (χ2n) is 16.3. The SMILES string of the molecule is CCCCCCCCCCO[C@H]1CC[C@]2(C)[C@H]3CC[C@]4(C)[C@@H]([C@H](C)CCCC(C)C)CC[C@H]4[C@@H]3C[C@@H]3O[C@@]32C1. The van der Waals surface area contributed by atoms with Crippen LogP contribution in [-0.4, -0.2) is 24.4 Å². The Balaban J connectivity index is 1.12. The van der Waals surface area contributed by atoms with Crippen LogP contribution < -0.4 is 0 Å². The van der Waals surface area contributed by atoms with Crippen molar-refractivity contribution in [2.75, 3.05) is 6.61 Å². The predicted octanol–water partition coefficient (Wildman–Crippen LogP) is 10.8. The summed E-state index contributed by atoms with van der Waals surface area (Å²) in [5.74, 6) is 5.46. The quantitative estimate of drug-likeness (QED) is 0.152. The third-order valence-electron chi connectivity index (χ3n) is 13.6. The molecule has 0 radical (unpaired) electrons. The first-order chi connectivity index (χ1) is 18.7. The number of hydrogen-bond acceptors (Lipinski definition) is 2. The molecule has 2 heteroatoms. The zero-order valence-electron chi connectivity index (χ0n) is 27.1. The van der Waals surface area contributed by atoms with Crippen LogP contribution >= 0.6 is 0 Å². The van der Waals surface area contributed by atoms with Crippen molar-refractivity contribution < 1.29 is 9.47 Å². The zero-order valence-corrected chi connectivity index (χ0v) is 27.1. The predicted molar refractivity (Wildman–Crippen MR) is 165 cm³/mol. The summed E-state index contributed by atoms with van der Waals surface area (Å²) in [7, 11) is 0. The Kier molecular flexibility index (Phi) is 9.85. The van der Waals surface area contributed by atoms with E-state index in [2.05, 4.69) is 41.5 Å². The van der Waals surface area contributed by atoms with Gasteiger partial charge in [0.2, 0.25) is 0 Å². The van der Waals surface area contributed by atoms with Gasteiger partial charge in [0.1, 0.15) is 5.60 Å². The molecular formula is C37H66O2. The Morgan fingerprint density at radius 1 is 0.795 bits per heavy atom. The molecule has 0 unspecified atom stereocenters. The lowest BCUT2D eigenvalue weighted by Gasteiger charge is -2.59. The van der Waals surface area contributed by atoms with E-state index in [0.717, 1.165) is 42.1 Å². The van der Waals surface area contributed by atoms with Gasteiger partial charge in [0.05, 0.1) is 12.2 Å². The van der Waals surface area contributed by atoms with Crippen molar-refractivity contribution in [1.29, 1.82) is 0 Å². The molecule has 2 nitrogen and oxygen atoms in total. The monoisotopic (exact) mass is 543 g/mol. The molecule has 4 aliphatic carbocycles. The van der Waals surface area contributed by atoms with Gasteiger partial charge < -0.3 is 9.47 Å². The smallest absolute Gasteiger partial charge is 0.103 e. The molecule has 5 fully saturated rings. The van der Waals surface area contributed by atoms with Gasteiger partial charge in [-0.3, -0.25) is 0 Å². The van der Waals surface area contributed by atoms with Crippen molar-refractivity contribution in [3.05, 3.63) is 0 Å². The lowest BCUT2D eigenvalue weighted by atomic mass is 9.44.